The van der Waals surface area contributed by atoms with Gasteiger partial charge >= 0.3 is 0 Å². The monoisotopic (exact) mass is 103 g/mol. The minimum absolute atomic E-state index is 0.310. The lowest BCUT2D eigenvalue weighted by atomic mass is 10.2. The van der Waals surface area contributed by atoms with Gasteiger partial charge in [-0.15, -0.1) is 0 Å². The van der Waals surface area contributed by atoms with Crippen LogP contribution in [0.2, 0.25) is 0 Å². The summed E-state index contributed by atoms with van der Waals surface area (Å²) in [6.07, 6.45) is -0.347. The number of hydrogen-bond acceptors (Lipinski definition) is 2. The summed E-state index contributed by atoms with van der Waals surface area (Å²) in [5.74, 6) is 0.310. The Morgan fingerprint density at radius 2 is 1.86 bits per heavy atom. The van der Waals surface area contributed by atoms with Crippen LogP contribution in [-0.2, 0) is 0 Å². The van der Waals surface area contributed by atoms with Gasteiger partial charge in [0.15, 0.2) is 0 Å². The Balaban J connectivity index is 3.14. The molecule has 0 bridgehead atoms. The molecule has 7 heavy (non-hydrogen) atoms. The summed E-state index contributed by atoms with van der Waals surface area (Å²) in [5, 5.41) is 11.5. The second kappa shape index (κ2) is 2.99. The first kappa shape index (κ1) is 6.92. The zero-order valence-electron chi connectivity index (χ0n) is 5.10. The Labute approximate surface area is 44.5 Å². The molecule has 0 rings (SSSR count). The quantitative estimate of drug-likeness (QED) is 0.489. The first-order valence-electron chi connectivity index (χ1n) is 2.53. The standard InChI is InChI=1S/C5H13NO/c1-4(2)5(7)6-3/h4-7H,1-3H3. The Morgan fingerprint density at radius 1 is 1.43 bits per heavy atom. The average Bonchev–Trinajstić information content (AvgIpc) is 1.65. The molecule has 0 aliphatic rings. The maximum atomic E-state index is 8.82. The van der Waals surface area contributed by atoms with Crippen LogP contribution >= 0.6 is 0 Å². The van der Waals surface area contributed by atoms with Crippen molar-refractivity contribution >= 4 is 0 Å². The molecule has 1 atom stereocenters. The van der Waals surface area contributed by atoms with Gasteiger partial charge in [-0.05, 0) is 13.0 Å². The van der Waals surface area contributed by atoms with Crippen LogP contribution in [0.4, 0.5) is 0 Å². The maximum Gasteiger partial charge on any atom is 0.106 e. The second-order valence-corrected chi connectivity index (χ2v) is 1.98. The van der Waals surface area contributed by atoms with Gasteiger partial charge in [-0.25, -0.2) is 0 Å². The molecule has 0 heterocycles. The van der Waals surface area contributed by atoms with Crippen molar-refractivity contribution in [3.63, 3.8) is 0 Å². The van der Waals surface area contributed by atoms with E-state index in [2.05, 4.69) is 5.32 Å². The van der Waals surface area contributed by atoms with Crippen LogP contribution in [0.5, 0.6) is 0 Å². The molecule has 0 saturated carbocycles. The van der Waals surface area contributed by atoms with Crippen molar-refractivity contribution in [2.75, 3.05) is 7.05 Å². The number of aliphatic hydroxyl groups excluding tert-OH is 1. The lowest BCUT2D eigenvalue weighted by Crippen LogP contribution is -2.29. The molecule has 0 saturated heterocycles. The van der Waals surface area contributed by atoms with E-state index in [0.717, 1.165) is 0 Å². The molecule has 0 aromatic carbocycles. The van der Waals surface area contributed by atoms with Crippen molar-refractivity contribution < 1.29 is 5.11 Å². The highest BCUT2D eigenvalue weighted by Crippen LogP contribution is 1.94. The van der Waals surface area contributed by atoms with Gasteiger partial charge in [-0.2, -0.15) is 0 Å². The summed E-state index contributed by atoms with van der Waals surface area (Å²) in [7, 11) is 1.74. The van der Waals surface area contributed by atoms with Crippen LogP contribution < -0.4 is 5.32 Å². The van der Waals surface area contributed by atoms with Crippen molar-refractivity contribution in [1.29, 1.82) is 0 Å². The molecular weight excluding hydrogens is 90.1 g/mol. The van der Waals surface area contributed by atoms with Gasteiger partial charge in [0, 0.05) is 0 Å². The fourth-order valence-corrected chi connectivity index (χ4v) is 0.333. The molecule has 1 unspecified atom stereocenters. The third-order valence-corrected chi connectivity index (χ3v) is 0.927. The Morgan fingerprint density at radius 3 is 1.86 bits per heavy atom. The third-order valence-electron chi connectivity index (χ3n) is 0.927. The van der Waals surface area contributed by atoms with Crippen molar-refractivity contribution in [3.8, 4) is 0 Å². The van der Waals surface area contributed by atoms with E-state index >= 15 is 0 Å². The molecule has 2 heteroatoms. The van der Waals surface area contributed by atoms with Crippen LogP contribution in [0.15, 0.2) is 0 Å². The van der Waals surface area contributed by atoms with Crippen molar-refractivity contribution in [3.05, 3.63) is 0 Å². The van der Waals surface area contributed by atoms with Crippen LogP contribution in [0.25, 0.3) is 0 Å². The highest BCUT2D eigenvalue weighted by Gasteiger charge is 2.02. The summed E-state index contributed by atoms with van der Waals surface area (Å²) < 4.78 is 0. The van der Waals surface area contributed by atoms with Gasteiger partial charge < -0.3 is 5.11 Å². The van der Waals surface area contributed by atoms with E-state index in [0.29, 0.717) is 5.92 Å². The first-order valence-corrected chi connectivity index (χ1v) is 2.53. The van der Waals surface area contributed by atoms with Crippen molar-refractivity contribution in [1.82, 2.24) is 5.32 Å². The van der Waals surface area contributed by atoms with Gasteiger partial charge in [-0.3, -0.25) is 5.32 Å². The molecule has 0 amide bonds. The molecule has 0 radical (unpaired) electrons. The normalized spacial score (nSPS) is 15.0. The molecule has 0 aromatic heterocycles. The topological polar surface area (TPSA) is 32.3 Å². The van der Waals surface area contributed by atoms with E-state index in [1.165, 1.54) is 0 Å². The van der Waals surface area contributed by atoms with Crippen LogP contribution in [0.1, 0.15) is 13.8 Å². The lowest BCUT2D eigenvalue weighted by molar-refractivity contribution is 0.0991. The average molecular weight is 103 g/mol. The summed E-state index contributed by atoms with van der Waals surface area (Å²) in [6.45, 7) is 3.92. The number of rotatable bonds is 2. The second-order valence-electron chi connectivity index (χ2n) is 1.98. The largest absolute Gasteiger partial charge is 0.378 e. The van der Waals surface area contributed by atoms with Gasteiger partial charge in [0.25, 0.3) is 0 Å². The molecule has 2 nitrogen and oxygen atoms in total. The van der Waals surface area contributed by atoms with Crippen LogP contribution in [0.3, 0.4) is 0 Å². The van der Waals surface area contributed by atoms with E-state index in [4.69, 9.17) is 5.11 Å². The SMILES string of the molecule is CNC(O)C(C)C. The maximum absolute atomic E-state index is 8.82. The smallest absolute Gasteiger partial charge is 0.106 e. The van der Waals surface area contributed by atoms with E-state index in [9.17, 15) is 0 Å². The molecule has 44 valence electrons. The molecule has 0 fully saturated rings. The molecule has 0 aliphatic carbocycles. The fraction of sp³-hybridized carbons (Fsp3) is 1.00. The zero-order valence-corrected chi connectivity index (χ0v) is 5.10. The Kier molecular flexibility index (Phi) is 2.96. The third kappa shape index (κ3) is 2.60. The van der Waals surface area contributed by atoms with E-state index in [-0.39, 0.29) is 6.23 Å². The predicted molar refractivity (Wildman–Crippen MR) is 29.9 cm³/mol. The van der Waals surface area contributed by atoms with Crippen LogP contribution in [-0.4, -0.2) is 18.4 Å². The molecular formula is C5H13NO. The zero-order chi connectivity index (χ0) is 5.86. The molecule has 0 aliphatic heterocycles. The number of hydrogen-bond donors (Lipinski definition) is 2. The van der Waals surface area contributed by atoms with Gasteiger partial charge in [0.05, 0.1) is 0 Å². The van der Waals surface area contributed by atoms with Gasteiger partial charge in [0.2, 0.25) is 0 Å². The predicted octanol–water partition coefficient (Wildman–Crippen LogP) is 0.180. The minimum atomic E-state index is -0.347. The summed E-state index contributed by atoms with van der Waals surface area (Å²) in [5.41, 5.74) is 0. The number of nitrogens with one attached hydrogen (secondary N) is 1. The Hall–Kier alpha value is -0.0800. The fourth-order valence-electron chi connectivity index (χ4n) is 0.333. The van der Waals surface area contributed by atoms with E-state index in [1.807, 2.05) is 13.8 Å². The van der Waals surface area contributed by atoms with E-state index in [1.54, 1.807) is 7.05 Å². The summed E-state index contributed by atoms with van der Waals surface area (Å²) >= 11 is 0. The number of aliphatic hydroxyl groups is 1. The summed E-state index contributed by atoms with van der Waals surface area (Å²) in [6, 6.07) is 0. The highest BCUT2D eigenvalue weighted by molar-refractivity contribution is 4.51. The first-order chi connectivity index (χ1) is 3.18. The lowest BCUT2D eigenvalue weighted by Gasteiger charge is -2.11. The van der Waals surface area contributed by atoms with Gasteiger partial charge in [0.1, 0.15) is 6.23 Å². The van der Waals surface area contributed by atoms with Crippen LogP contribution in [0, 0.1) is 5.92 Å². The minimum Gasteiger partial charge on any atom is -0.378 e. The van der Waals surface area contributed by atoms with E-state index < -0.39 is 0 Å². The van der Waals surface area contributed by atoms with Crippen molar-refractivity contribution in [2.24, 2.45) is 5.92 Å². The molecule has 0 spiro atoms. The summed E-state index contributed by atoms with van der Waals surface area (Å²) in [4.78, 5) is 0. The molecule has 0 aromatic rings. The molecule has 2 N–H and O–H groups in total. The highest BCUT2D eigenvalue weighted by atomic mass is 16.3. The Bertz CT molecular complexity index is 45.3. The van der Waals surface area contributed by atoms with Crippen molar-refractivity contribution in [2.45, 2.75) is 20.1 Å². The van der Waals surface area contributed by atoms with Gasteiger partial charge in [-0.1, -0.05) is 13.8 Å².